The van der Waals surface area contributed by atoms with Gasteiger partial charge in [0.25, 0.3) is 0 Å². The summed E-state index contributed by atoms with van der Waals surface area (Å²) < 4.78 is 0. The third-order valence-electron chi connectivity index (χ3n) is 2.42. The van der Waals surface area contributed by atoms with E-state index in [1.54, 1.807) is 36.4 Å². The Balaban J connectivity index is 2.30. The lowest BCUT2D eigenvalue weighted by Crippen LogP contribution is -1.77. The number of phenols is 2. The first-order valence-electron chi connectivity index (χ1n) is 5.21. The van der Waals surface area contributed by atoms with Crippen LogP contribution in [0.1, 0.15) is 11.1 Å². The molecule has 2 aromatic rings. The first-order chi connectivity index (χ1) is 8.56. The minimum Gasteiger partial charge on any atom is -0.508 e. The maximum absolute atomic E-state index is 9.62. The summed E-state index contributed by atoms with van der Waals surface area (Å²) in [6, 6.07) is 9.58. The van der Waals surface area contributed by atoms with E-state index in [2.05, 4.69) is 0 Å². The maximum atomic E-state index is 9.62. The molecule has 2 N–H and O–H groups in total. The fourth-order valence-corrected chi connectivity index (χ4v) is 1.96. The van der Waals surface area contributed by atoms with E-state index in [9.17, 15) is 10.2 Å². The summed E-state index contributed by atoms with van der Waals surface area (Å²) in [7, 11) is 0. The monoisotopic (exact) mass is 280 g/mol. The van der Waals surface area contributed by atoms with Gasteiger partial charge in [0, 0.05) is 21.7 Å². The Kier molecular flexibility index (Phi) is 3.80. The first-order valence-corrected chi connectivity index (χ1v) is 5.97. The molecule has 0 atom stereocenters. The molecule has 0 radical (unpaired) electrons. The summed E-state index contributed by atoms with van der Waals surface area (Å²) in [5.74, 6) is 0.0329. The molecule has 18 heavy (non-hydrogen) atoms. The van der Waals surface area contributed by atoms with E-state index in [0.29, 0.717) is 15.6 Å². The van der Waals surface area contributed by atoms with Crippen molar-refractivity contribution in [2.45, 2.75) is 0 Å². The molecule has 2 aromatic carbocycles. The quantitative estimate of drug-likeness (QED) is 0.791. The normalized spacial score (nSPS) is 11.0. The van der Waals surface area contributed by atoms with Crippen molar-refractivity contribution < 1.29 is 10.2 Å². The van der Waals surface area contributed by atoms with Gasteiger partial charge in [0.1, 0.15) is 11.5 Å². The van der Waals surface area contributed by atoms with Gasteiger partial charge in [0.15, 0.2) is 0 Å². The summed E-state index contributed by atoms with van der Waals surface area (Å²) in [4.78, 5) is 0. The third-order valence-corrected chi connectivity index (χ3v) is 2.98. The van der Waals surface area contributed by atoms with Crippen molar-refractivity contribution in [2.24, 2.45) is 0 Å². The van der Waals surface area contributed by atoms with E-state index >= 15 is 0 Å². The highest BCUT2D eigenvalue weighted by Gasteiger charge is 2.00. The van der Waals surface area contributed by atoms with Crippen LogP contribution in [0, 0.1) is 0 Å². The van der Waals surface area contributed by atoms with Gasteiger partial charge >= 0.3 is 0 Å². The largest absolute Gasteiger partial charge is 0.508 e. The lowest BCUT2D eigenvalue weighted by atomic mass is 10.1. The summed E-state index contributed by atoms with van der Waals surface area (Å²) in [6.45, 7) is 0. The number of phenolic OH excluding ortho intramolecular Hbond substituents is 2. The number of rotatable bonds is 2. The fourth-order valence-electron chi connectivity index (χ4n) is 1.49. The minimum absolute atomic E-state index is 0.0105. The lowest BCUT2D eigenvalue weighted by molar-refractivity contribution is 0.450. The van der Waals surface area contributed by atoms with Gasteiger partial charge in [0.05, 0.1) is 0 Å². The van der Waals surface area contributed by atoms with Gasteiger partial charge in [-0.15, -0.1) is 0 Å². The van der Waals surface area contributed by atoms with E-state index in [1.807, 2.05) is 0 Å². The molecule has 0 amide bonds. The van der Waals surface area contributed by atoms with Gasteiger partial charge in [-0.3, -0.25) is 0 Å². The molecule has 0 bridgehead atoms. The van der Waals surface area contributed by atoms with E-state index in [1.165, 1.54) is 12.1 Å². The van der Waals surface area contributed by atoms with Crippen LogP contribution in [0.5, 0.6) is 11.5 Å². The zero-order valence-electron chi connectivity index (χ0n) is 9.27. The van der Waals surface area contributed by atoms with Crippen LogP contribution in [-0.4, -0.2) is 10.2 Å². The van der Waals surface area contributed by atoms with Crippen molar-refractivity contribution >= 4 is 35.4 Å². The van der Waals surface area contributed by atoms with Gasteiger partial charge < -0.3 is 10.2 Å². The molecule has 4 heteroatoms. The molecule has 0 saturated heterocycles. The lowest BCUT2D eigenvalue weighted by Gasteiger charge is -2.01. The minimum atomic E-state index is 0.0105. The van der Waals surface area contributed by atoms with Crippen molar-refractivity contribution in [2.75, 3.05) is 0 Å². The molecule has 0 aromatic heterocycles. The smallest absolute Gasteiger partial charge is 0.126 e. The molecular formula is C14H10Cl2O2. The maximum Gasteiger partial charge on any atom is 0.126 e. The first kappa shape index (κ1) is 12.8. The van der Waals surface area contributed by atoms with Gasteiger partial charge in [-0.1, -0.05) is 41.4 Å². The van der Waals surface area contributed by atoms with Crippen molar-refractivity contribution in [1.82, 2.24) is 0 Å². The molecule has 0 fully saturated rings. The molecule has 0 aliphatic heterocycles. The fraction of sp³-hybridized carbons (Fsp3) is 0. The van der Waals surface area contributed by atoms with Crippen LogP contribution in [0.2, 0.25) is 10.0 Å². The molecule has 92 valence electrons. The van der Waals surface area contributed by atoms with Gasteiger partial charge in [-0.25, -0.2) is 0 Å². The molecule has 0 aliphatic rings. The number of benzene rings is 2. The van der Waals surface area contributed by atoms with Crippen LogP contribution >= 0.6 is 23.2 Å². The number of hydrogen-bond donors (Lipinski definition) is 2. The topological polar surface area (TPSA) is 40.5 Å². The van der Waals surface area contributed by atoms with Crippen LogP contribution in [0.15, 0.2) is 36.4 Å². The molecule has 0 unspecified atom stereocenters. The average molecular weight is 281 g/mol. The number of hydrogen-bond acceptors (Lipinski definition) is 2. The second kappa shape index (κ2) is 5.34. The molecular weight excluding hydrogens is 271 g/mol. The molecule has 2 nitrogen and oxygen atoms in total. The second-order valence-electron chi connectivity index (χ2n) is 3.74. The average Bonchev–Trinajstić information content (AvgIpc) is 2.30. The predicted octanol–water partition coefficient (Wildman–Crippen LogP) is 4.58. The predicted molar refractivity (Wildman–Crippen MR) is 75.2 cm³/mol. The highest BCUT2D eigenvalue weighted by Crippen LogP contribution is 2.26. The SMILES string of the molecule is Oc1ccc(/C=C/c2ccc(Cl)cc2Cl)c(O)c1. The summed E-state index contributed by atoms with van der Waals surface area (Å²) in [6.07, 6.45) is 3.48. The standard InChI is InChI=1S/C14H10Cl2O2/c15-11-5-3-9(13(16)7-11)1-2-10-4-6-12(17)8-14(10)18/h1-8,17-18H/b2-1+. The van der Waals surface area contributed by atoms with Crippen LogP contribution in [0.25, 0.3) is 12.2 Å². The van der Waals surface area contributed by atoms with Crippen LogP contribution in [0.3, 0.4) is 0 Å². The van der Waals surface area contributed by atoms with Gasteiger partial charge in [-0.2, -0.15) is 0 Å². The molecule has 0 heterocycles. The molecule has 0 spiro atoms. The van der Waals surface area contributed by atoms with Crippen LogP contribution < -0.4 is 0 Å². The zero-order chi connectivity index (χ0) is 13.1. The Morgan fingerprint density at radius 2 is 1.50 bits per heavy atom. The van der Waals surface area contributed by atoms with E-state index in [4.69, 9.17) is 23.2 Å². The van der Waals surface area contributed by atoms with Crippen molar-refractivity contribution in [1.29, 1.82) is 0 Å². The van der Waals surface area contributed by atoms with E-state index in [0.717, 1.165) is 5.56 Å². The second-order valence-corrected chi connectivity index (χ2v) is 4.59. The molecule has 2 rings (SSSR count). The van der Waals surface area contributed by atoms with Gasteiger partial charge in [-0.05, 0) is 29.8 Å². The highest BCUT2D eigenvalue weighted by molar-refractivity contribution is 6.35. The van der Waals surface area contributed by atoms with Crippen molar-refractivity contribution in [3.63, 3.8) is 0 Å². The third kappa shape index (κ3) is 2.97. The summed E-state index contributed by atoms with van der Waals surface area (Å²) in [5, 5.41) is 19.9. The summed E-state index contributed by atoms with van der Waals surface area (Å²) in [5.41, 5.74) is 1.40. The number of halogens is 2. The molecule has 0 aliphatic carbocycles. The molecule has 0 saturated carbocycles. The summed E-state index contributed by atoms with van der Waals surface area (Å²) >= 11 is 11.8. The Bertz CT molecular complexity index is 553. The Hall–Kier alpha value is -1.64. The van der Waals surface area contributed by atoms with E-state index < -0.39 is 0 Å². The highest BCUT2D eigenvalue weighted by atomic mass is 35.5. The Morgan fingerprint density at radius 1 is 0.833 bits per heavy atom. The van der Waals surface area contributed by atoms with Crippen LogP contribution in [-0.2, 0) is 0 Å². The van der Waals surface area contributed by atoms with Gasteiger partial charge in [0.2, 0.25) is 0 Å². The Morgan fingerprint density at radius 3 is 2.17 bits per heavy atom. The van der Waals surface area contributed by atoms with Crippen molar-refractivity contribution in [3.8, 4) is 11.5 Å². The zero-order valence-corrected chi connectivity index (χ0v) is 10.8. The van der Waals surface area contributed by atoms with E-state index in [-0.39, 0.29) is 11.5 Å². The van der Waals surface area contributed by atoms with Crippen molar-refractivity contribution in [3.05, 3.63) is 57.6 Å². The Labute approximate surface area is 115 Å². The number of aromatic hydroxyl groups is 2. The van der Waals surface area contributed by atoms with Crippen LogP contribution in [0.4, 0.5) is 0 Å².